The number of aromatic nitrogens is 2. The number of Topliss-reactive ketones (excluding diaryl/α,β-unsaturated/α-hetero) is 1. The molecule has 0 bridgehead atoms. The predicted molar refractivity (Wildman–Crippen MR) is 59.1 cm³/mol. The number of hydrogen-bond donors (Lipinski definition) is 0. The fourth-order valence-electron chi connectivity index (χ4n) is 2.36. The minimum atomic E-state index is 0.0708. The monoisotopic (exact) mass is 206 g/mol. The van der Waals surface area contributed by atoms with E-state index in [1.807, 2.05) is 6.20 Å². The van der Waals surface area contributed by atoms with E-state index < -0.39 is 0 Å². The summed E-state index contributed by atoms with van der Waals surface area (Å²) in [6.07, 6.45) is 7.94. The van der Waals surface area contributed by atoms with E-state index in [1.54, 1.807) is 6.92 Å². The highest BCUT2D eigenvalue weighted by Crippen LogP contribution is 2.30. The van der Waals surface area contributed by atoms with E-state index in [9.17, 15) is 4.79 Å². The summed E-state index contributed by atoms with van der Waals surface area (Å²) in [5.41, 5.74) is 0.624. The summed E-state index contributed by atoms with van der Waals surface area (Å²) in [5.74, 6) is 1.13. The molecule has 0 atom stereocenters. The van der Waals surface area contributed by atoms with Crippen LogP contribution >= 0.6 is 0 Å². The Balaban J connectivity index is 2.31. The van der Waals surface area contributed by atoms with E-state index in [0.29, 0.717) is 11.7 Å². The first-order valence-corrected chi connectivity index (χ1v) is 5.81. The maximum absolute atomic E-state index is 11.3. The first-order chi connectivity index (χ1) is 7.22. The van der Waals surface area contributed by atoms with Crippen molar-refractivity contribution in [2.24, 2.45) is 0 Å². The minimum Gasteiger partial charge on any atom is -0.331 e. The molecular formula is C12H18N2O. The third-order valence-corrected chi connectivity index (χ3v) is 3.20. The van der Waals surface area contributed by atoms with Gasteiger partial charge in [0.1, 0.15) is 11.5 Å². The van der Waals surface area contributed by atoms with Crippen LogP contribution in [0.4, 0.5) is 0 Å². The molecule has 0 aliphatic heterocycles. The van der Waals surface area contributed by atoms with Crippen LogP contribution in [0.1, 0.15) is 61.9 Å². The molecule has 1 saturated carbocycles. The average molecular weight is 206 g/mol. The Kier molecular flexibility index (Phi) is 2.89. The van der Waals surface area contributed by atoms with Gasteiger partial charge < -0.3 is 4.57 Å². The van der Waals surface area contributed by atoms with Gasteiger partial charge in [0, 0.05) is 25.6 Å². The van der Waals surface area contributed by atoms with Crippen LogP contribution < -0.4 is 0 Å². The van der Waals surface area contributed by atoms with E-state index >= 15 is 0 Å². The van der Waals surface area contributed by atoms with Crippen LogP contribution in [0.25, 0.3) is 0 Å². The van der Waals surface area contributed by atoms with Gasteiger partial charge in [-0.25, -0.2) is 4.98 Å². The van der Waals surface area contributed by atoms with Crippen molar-refractivity contribution in [2.45, 2.75) is 52.0 Å². The molecule has 1 aromatic heterocycles. The number of carbonyl (C=O) groups excluding carboxylic acids is 1. The smallest absolute Gasteiger partial charge is 0.179 e. The number of imidazole rings is 1. The number of carbonyl (C=O) groups is 1. The standard InChI is InChI=1S/C12H18N2O/c1-3-12-13-11(9(2)15)8-14(12)10-6-4-5-7-10/h8,10H,3-7H2,1-2H3. The highest BCUT2D eigenvalue weighted by Gasteiger charge is 2.20. The predicted octanol–water partition coefficient (Wildman–Crippen LogP) is 2.76. The molecule has 1 aliphatic carbocycles. The number of ketones is 1. The lowest BCUT2D eigenvalue weighted by atomic mass is 10.2. The topological polar surface area (TPSA) is 34.9 Å². The van der Waals surface area contributed by atoms with E-state index in [1.165, 1.54) is 25.7 Å². The summed E-state index contributed by atoms with van der Waals surface area (Å²) in [6, 6.07) is 0.584. The lowest BCUT2D eigenvalue weighted by Gasteiger charge is -2.13. The lowest BCUT2D eigenvalue weighted by Crippen LogP contribution is -2.07. The van der Waals surface area contributed by atoms with Crippen LogP contribution in [0.15, 0.2) is 6.20 Å². The van der Waals surface area contributed by atoms with Gasteiger partial charge in [-0.3, -0.25) is 4.79 Å². The molecule has 1 aliphatic rings. The third kappa shape index (κ3) is 1.96. The molecular weight excluding hydrogens is 188 g/mol. The van der Waals surface area contributed by atoms with Crippen molar-refractivity contribution < 1.29 is 4.79 Å². The molecule has 1 fully saturated rings. The Morgan fingerprint density at radius 1 is 1.53 bits per heavy atom. The summed E-state index contributed by atoms with van der Waals surface area (Å²) in [7, 11) is 0. The molecule has 0 saturated heterocycles. The first-order valence-electron chi connectivity index (χ1n) is 5.81. The van der Waals surface area contributed by atoms with Crippen LogP contribution in [0, 0.1) is 0 Å². The molecule has 0 unspecified atom stereocenters. The van der Waals surface area contributed by atoms with Crippen LogP contribution in [-0.4, -0.2) is 15.3 Å². The van der Waals surface area contributed by atoms with Gasteiger partial charge in [-0.15, -0.1) is 0 Å². The molecule has 0 amide bonds. The molecule has 0 aromatic carbocycles. The van der Waals surface area contributed by atoms with Crippen LogP contribution in [0.3, 0.4) is 0 Å². The number of hydrogen-bond acceptors (Lipinski definition) is 2. The SMILES string of the molecule is CCc1nc(C(C)=O)cn1C1CCCC1. The normalized spacial score (nSPS) is 17.2. The fourth-order valence-corrected chi connectivity index (χ4v) is 2.36. The second-order valence-corrected chi connectivity index (χ2v) is 4.30. The Labute approximate surface area is 90.5 Å². The molecule has 0 spiro atoms. The molecule has 82 valence electrons. The molecule has 3 heteroatoms. The average Bonchev–Trinajstić information content (AvgIpc) is 2.86. The minimum absolute atomic E-state index is 0.0708. The molecule has 0 radical (unpaired) electrons. The van der Waals surface area contributed by atoms with Gasteiger partial charge in [-0.1, -0.05) is 19.8 Å². The highest BCUT2D eigenvalue weighted by molar-refractivity contribution is 5.91. The summed E-state index contributed by atoms with van der Waals surface area (Å²) >= 11 is 0. The fraction of sp³-hybridized carbons (Fsp3) is 0.667. The summed E-state index contributed by atoms with van der Waals surface area (Å²) in [6.45, 7) is 3.68. The van der Waals surface area contributed by atoms with Gasteiger partial charge in [0.05, 0.1) is 0 Å². The maximum Gasteiger partial charge on any atom is 0.179 e. The Morgan fingerprint density at radius 3 is 2.73 bits per heavy atom. The van der Waals surface area contributed by atoms with Gasteiger partial charge in [0.25, 0.3) is 0 Å². The van der Waals surface area contributed by atoms with Crippen molar-refractivity contribution in [1.82, 2.24) is 9.55 Å². The summed E-state index contributed by atoms with van der Waals surface area (Å²) < 4.78 is 2.23. The molecule has 1 aromatic rings. The zero-order chi connectivity index (χ0) is 10.8. The third-order valence-electron chi connectivity index (χ3n) is 3.20. The Hall–Kier alpha value is -1.12. The maximum atomic E-state index is 11.3. The first kappa shape index (κ1) is 10.4. The number of rotatable bonds is 3. The molecule has 3 nitrogen and oxygen atoms in total. The molecule has 1 heterocycles. The zero-order valence-corrected chi connectivity index (χ0v) is 9.49. The summed E-state index contributed by atoms with van der Waals surface area (Å²) in [4.78, 5) is 15.7. The Morgan fingerprint density at radius 2 is 2.20 bits per heavy atom. The van der Waals surface area contributed by atoms with Gasteiger partial charge in [-0.05, 0) is 12.8 Å². The number of nitrogens with zero attached hydrogens (tertiary/aromatic N) is 2. The summed E-state index contributed by atoms with van der Waals surface area (Å²) in [5, 5.41) is 0. The molecule has 15 heavy (non-hydrogen) atoms. The molecule has 2 rings (SSSR count). The quantitative estimate of drug-likeness (QED) is 0.713. The largest absolute Gasteiger partial charge is 0.331 e. The van der Waals surface area contributed by atoms with Gasteiger partial charge in [0.2, 0.25) is 0 Å². The van der Waals surface area contributed by atoms with E-state index in [4.69, 9.17) is 0 Å². The molecule has 0 N–H and O–H groups in total. The van der Waals surface area contributed by atoms with Gasteiger partial charge >= 0.3 is 0 Å². The van der Waals surface area contributed by atoms with E-state index in [0.717, 1.165) is 12.2 Å². The van der Waals surface area contributed by atoms with Crippen LogP contribution in [0.5, 0.6) is 0 Å². The number of aryl methyl sites for hydroxylation is 1. The van der Waals surface area contributed by atoms with Crippen molar-refractivity contribution in [1.29, 1.82) is 0 Å². The van der Waals surface area contributed by atoms with Gasteiger partial charge in [-0.2, -0.15) is 0 Å². The zero-order valence-electron chi connectivity index (χ0n) is 9.49. The van der Waals surface area contributed by atoms with E-state index in [2.05, 4.69) is 16.5 Å². The van der Waals surface area contributed by atoms with Crippen molar-refractivity contribution >= 4 is 5.78 Å². The Bertz CT molecular complexity index is 362. The van der Waals surface area contributed by atoms with Crippen LogP contribution in [0.2, 0.25) is 0 Å². The lowest BCUT2D eigenvalue weighted by molar-refractivity contribution is 0.101. The van der Waals surface area contributed by atoms with E-state index in [-0.39, 0.29) is 5.78 Å². The van der Waals surface area contributed by atoms with Crippen molar-refractivity contribution in [2.75, 3.05) is 0 Å². The van der Waals surface area contributed by atoms with Crippen LogP contribution in [-0.2, 0) is 6.42 Å². The van der Waals surface area contributed by atoms with Crippen molar-refractivity contribution in [3.05, 3.63) is 17.7 Å². The second kappa shape index (κ2) is 4.17. The highest BCUT2D eigenvalue weighted by atomic mass is 16.1. The second-order valence-electron chi connectivity index (χ2n) is 4.30. The van der Waals surface area contributed by atoms with Gasteiger partial charge in [0.15, 0.2) is 5.78 Å². The van der Waals surface area contributed by atoms with Crippen molar-refractivity contribution in [3.8, 4) is 0 Å². The van der Waals surface area contributed by atoms with Crippen molar-refractivity contribution in [3.63, 3.8) is 0 Å².